The lowest BCUT2D eigenvalue weighted by Crippen LogP contribution is -2.48. The second-order valence-corrected chi connectivity index (χ2v) is 5.46. The number of hydrogen-bond donors (Lipinski definition) is 1. The normalized spacial score (nSPS) is 18.8. The fourth-order valence-electron chi connectivity index (χ4n) is 2.11. The molecule has 0 spiro atoms. The smallest absolute Gasteiger partial charge is 0.416 e. The highest BCUT2D eigenvalue weighted by atomic mass is 35.5. The third-order valence-electron chi connectivity index (χ3n) is 3.38. The van der Waals surface area contributed by atoms with E-state index in [9.17, 15) is 22.8 Å². The van der Waals surface area contributed by atoms with Crippen LogP contribution >= 0.6 is 11.6 Å². The van der Waals surface area contributed by atoms with E-state index < -0.39 is 29.7 Å². The van der Waals surface area contributed by atoms with Gasteiger partial charge in [0.25, 0.3) is 0 Å². The van der Waals surface area contributed by atoms with E-state index in [-0.39, 0.29) is 30.3 Å². The number of rotatable bonds is 3. The van der Waals surface area contributed by atoms with Crippen LogP contribution in [0.3, 0.4) is 0 Å². The van der Waals surface area contributed by atoms with Gasteiger partial charge < -0.3 is 14.7 Å². The predicted molar refractivity (Wildman–Crippen MR) is 79.4 cm³/mol. The van der Waals surface area contributed by atoms with Crippen LogP contribution in [-0.2, 0) is 20.5 Å². The van der Waals surface area contributed by atoms with Gasteiger partial charge in [0.1, 0.15) is 0 Å². The first-order chi connectivity index (χ1) is 11.2. The molecule has 1 aromatic rings. The van der Waals surface area contributed by atoms with Crippen LogP contribution in [0, 0.1) is 0 Å². The molecule has 0 saturated carbocycles. The summed E-state index contributed by atoms with van der Waals surface area (Å²) in [6.07, 6.45) is -3.40. The average molecular weight is 364 g/mol. The van der Waals surface area contributed by atoms with Gasteiger partial charge in [-0.3, -0.25) is 4.79 Å². The molecule has 1 unspecified atom stereocenters. The molecule has 5 nitrogen and oxygen atoms in total. The van der Waals surface area contributed by atoms with Crippen LogP contribution in [-0.4, -0.2) is 47.7 Å². The van der Waals surface area contributed by atoms with Crippen molar-refractivity contribution in [1.29, 1.82) is 0 Å². The van der Waals surface area contributed by atoms with Crippen molar-refractivity contribution in [2.75, 3.05) is 19.7 Å². The molecule has 24 heavy (non-hydrogen) atoms. The first kappa shape index (κ1) is 18.3. The molecule has 1 N–H and O–H groups in total. The Bertz CT molecular complexity index is 675. The monoisotopic (exact) mass is 363 g/mol. The Hall–Kier alpha value is -2.06. The van der Waals surface area contributed by atoms with Crippen LogP contribution < -0.4 is 0 Å². The number of carboxylic acid groups (broad SMARTS) is 1. The Morgan fingerprint density at radius 2 is 2.08 bits per heavy atom. The zero-order valence-electron chi connectivity index (χ0n) is 12.2. The van der Waals surface area contributed by atoms with Crippen LogP contribution in [0.15, 0.2) is 24.3 Å². The average Bonchev–Trinajstić information content (AvgIpc) is 2.52. The zero-order valence-corrected chi connectivity index (χ0v) is 13.0. The number of aliphatic carboxylic acids is 1. The van der Waals surface area contributed by atoms with Gasteiger partial charge >= 0.3 is 12.1 Å². The van der Waals surface area contributed by atoms with E-state index in [0.29, 0.717) is 0 Å². The highest BCUT2D eigenvalue weighted by Gasteiger charge is 2.31. The third-order valence-corrected chi connectivity index (χ3v) is 3.73. The molecule has 0 aromatic heterocycles. The summed E-state index contributed by atoms with van der Waals surface area (Å²) in [5.41, 5.74) is -0.834. The van der Waals surface area contributed by atoms with Crippen LogP contribution in [0.2, 0.25) is 5.02 Å². The van der Waals surface area contributed by atoms with Gasteiger partial charge in [0.05, 0.1) is 18.7 Å². The number of morpholine rings is 1. The van der Waals surface area contributed by atoms with E-state index in [0.717, 1.165) is 24.3 Å². The number of ether oxygens (including phenoxy) is 1. The molecule has 2 rings (SSSR count). The van der Waals surface area contributed by atoms with Gasteiger partial charge in [0.2, 0.25) is 5.91 Å². The molecule has 1 fully saturated rings. The van der Waals surface area contributed by atoms with Gasteiger partial charge in [-0.2, -0.15) is 13.2 Å². The van der Waals surface area contributed by atoms with Crippen molar-refractivity contribution in [3.8, 4) is 0 Å². The van der Waals surface area contributed by atoms with Crippen LogP contribution in [0.5, 0.6) is 0 Å². The third kappa shape index (κ3) is 4.48. The number of carbonyl (C=O) groups excluding carboxylic acids is 1. The first-order valence-electron chi connectivity index (χ1n) is 6.86. The van der Waals surface area contributed by atoms with Crippen LogP contribution in [0.1, 0.15) is 11.1 Å². The van der Waals surface area contributed by atoms with Gasteiger partial charge in [0.15, 0.2) is 6.10 Å². The van der Waals surface area contributed by atoms with Crippen molar-refractivity contribution in [2.24, 2.45) is 0 Å². The Morgan fingerprint density at radius 1 is 1.38 bits per heavy atom. The molecule has 1 atom stereocenters. The molecule has 130 valence electrons. The van der Waals surface area contributed by atoms with E-state index in [1.807, 2.05) is 0 Å². The number of carboxylic acids is 1. The minimum Gasteiger partial charge on any atom is -0.479 e. The molecule has 1 heterocycles. The van der Waals surface area contributed by atoms with E-state index in [4.69, 9.17) is 21.4 Å². The molecule has 1 aromatic carbocycles. The Morgan fingerprint density at radius 3 is 2.71 bits per heavy atom. The highest BCUT2D eigenvalue weighted by Crippen LogP contribution is 2.32. The molecule has 1 aliphatic heterocycles. The van der Waals surface area contributed by atoms with Gasteiger partial charge in [0, 0.05) is 17.6 Å². The quantitative estimate of drug-likeness (QED) is 0.838. The van der Waals surface area contributed by atoms with Gasteiger partial charge in [-0.25, -0.2) is 4.79 Å². The largest absolute Gasteiger partial charge is 0.479 e. The van der Waals surface area contributed by atoms with Crippen LogP contribution in [0.4, 0.5) is 13.2 Å². The summed E-state index contributed by atoms with van der Waals surface area (Å²) < 4.78 is 43.1. The number of carbonyl (C=O) groups is 2. The summed E-state index contributed by atoms with van der Waals surface area (Å²) in [4.78, 5) is 24.2. The number of alkyl halides is 3. The maximum Gasteiger partial charge on any atom is 0.416 e. The fraction of sp³-hybridized carbons (Fsp3) is 0.333. The number of benzene rings is 1. The zero-order chi connectivity index (χ0) is 17.9. The lowest BCUT2D eigenvalue weighted by Gasteiger charge is -2.30. The molecule has 1 saturated heterocycles. The number of amides is 1. The SMILES string of the molecule is O=C(O)C1CN(C(=O)C=Cc2cc(C(F)(F)F)ccc2Cl)CCO1. The van der Waals surface area contributed by atoms with Crippen molar-refractivity contribution in [3.05, 3.63) is 40.4 Å². The molecule has 0 radical (unpaired) electrons. The Kier molecular flexibility index (Phi) is 5.51. The van der Waals surface area contributed by atoms with E-state index in [1.165, 1.54) is 11.0 Å². The predicted octanol–water partition coefficient (Wildman–Crippen LogP) is 2.68. The topological polar surface area (TPSA) is 66.8 Å². The lowest BCUT2D eigenvalue weighted by atomic mass is 10.1. The molecule has 1 aliphatic rings. The number of hydrogen-bond acceptors (Lipinski definition) is 3. The molecule has 0 bridgehead atoms. The summed E-state index contributed by atoms with van der Waals surface area (Å²) >= 11 is 5.84. The van der Waals surface area contributed by atoms with Gasteiger partial charge in [-0.1, -0.05) is 11.6 Å². The van der Waals surface area contributed by atoms with Crippen molar-refractivity contribution in [3.63, 3.8) is 0 Å². The standard InChI is InChI=1S/C15H13ClF3NO4/c16-11-3-2-10(15(17,18)19)7-9(11)1-4-13(21)20-5-6-24-12(8-20)14(22)23/h1-4,7,12H,5-6,8H2,(H,22,23). The second-order valence-electron chi connectivity index (χ2n) is 5.05. The molecule has 0 aliphatic carbocycles. The van der Waals surface area contributed by atoms with Crippen molar-refractivity contribution < 1.29 is 32.6 Å². The van der Waals surface area contributed by atoms with Gasteiger partial charge in [-0.15, -0.1) is 0 Å². The first-order valence-corrected chi connectivity index (χ1v) is 7.24. The van der Waals surface area contributed by atoms with Crippen molar-refractivity contribution in [2.45, 2.75) is 12.3 Å². The van der Waals surface area contributed by atoms with Crippen molar-refractivity contribution in [1.82, 2.24) is 4.90 Å². The minimum atomic E-state index is -4.52. The lowest BCUT2D eigenvalue weighted by molar-refractivity contribution is -0.158. The Balaban J connectivity index is 2.12. The molecular formula is C15H13ClF3NO4. The second kappa shape index (κ2) is 7.23. The van der Waals surface area contributed by atoms with E-state index >= 15 is 0 Å². The maximum absolute atomic E-state index is 12.7. The molecular weight excluding hydrogens is 351 g/mol. The van der Waals surface area contributed by atoms with Crippen LogP contribution in [0.25, 0.3) is 6.08 Å². The summed E-state index contributed by atoms with van der Waals surface area (Å²) in [5.74, 6) is -1.71. The summed E-state index contributed by atoms with van der Waals surface area (Å²) in [5, 5.41) is 8.95. The number of nitrogens with zero attached hydrogens (tertiary/aromatic N) is 1. The Labute approximate surface area is 140 Å². The van der Waals surface area contributed by atoms with Crippen molar-refractivity contribution >= 4 is 29.6 Å². The van der Waals surface area contributed by atoms with Gasteiger partial charge in [-0.05, 0) is 29.8 Å². The summed E-state index contributed by atoms with van der Waals surface area (Å²) in [6.45, 7) is 0.138. The minimum absolute atomic E-state index is 0.0443. The number of halogens is 4. The summed E-state index contributed by atoms with van der Waals surface area (Å²) in [7, 11) is 0. The summed E-state index contributed by atoms with van der Waals surface area (Å²) in [6, 6.07) is 2.79. The van der Waals surface area contributed by atoms with E-state index in [1.54, 1.807) is 0 Å². The molecule has 9 heteroatoms. The molecule has 1 amide bonds. The van der Waals surface area contributed by atoms with E-state index in [2.05, 4.69) is 0 Å². The fourth-order valence-corrected chi connectivity index (χ4v) is 2.29. The highest BCUT2D eigenvalue weighted by molar-refractivity contribution is 6.32. The maximum atomic E-state index is 12.7.